The van der Waals surface area contributed by atoms with E-state index in [4.69, 9.17) is 5.73 Å². The Morgan fingerprint density at radius 1 is 1.29 bits per heavy atom. The second-order valence-electron chi connectivity index (χ2n) is 4.85. The highest BCUT2D eigenvalue weighted by Gasteiger charge is 2.39. The van der Waals surface area contributed by atoms with Crippen molar-refractivity contribution in [3.05, 3.63) is 0 Å². The molecule has 2 N–H and O–H groups in total. The Balaban J connectivity index is 2.79. The molecule has 0 aromatic carbocycles. The molecular weight excluding hydrogens is 176 g/mol. The van der Waals surface area contributed by atoms with Gasteiger partial charge in [0.05, 0.1) is 6.04 Å². The van der Waals surface area contributed by atoms with Crippen LogP contribution in [-0.4, -0.2) is 28.9 Å². The van der Waals surface area contributed by atoms with E-state index in [1.54, 1.807) is 0 Å². The number of hydrogen-bond donors (Lipinski definition) is 1. The molecule has 0 aromatic rings. The van der Waals surface area contributed by atoms with E-state index in [9.17, 15) is 4.79 Å². The fourth-order valence-electron chi connectivity index (χ4n) is 2.57. The summed E-state index contributed by atoms with van der Waals surface area (Å²) in [6, 6.07) is 0.886. The molecule has 14 heavy (non-hydrogen) atoms. The lowest BCUT2D eigenvalue weighted by molar-refractivity contribution is -0.123. The lowest BCUT2D eigenvalue weighted by Gasteiger charge is -2.34. The average Bonchev–Trinajstić information content (AvgIpc) is 2.46. The predicted molar refractivity (Wildman–Crippen MR) is 57.8 cm³/mol. The molecular formula is C11H22N2O. The molecule has 1 aliphatic heterocycles. The number of carbonyl (C=O) groups excluding carboxylic acids is 1. The van der Waals surface area contributed by atoms with Crippen LogP contribution in [0.3, 0.4) is 0 Å². The smallest absolute Gasteiger partial charge is 0.234 e. The third kappa shape index (κ3) is 2.08. The van der Waals surface area contributed by atoms with Crippen LogP contribution in [0, 0.1) is 5.92 Å². The van der Waals surface area contributed by atoms with Crippen molar-refractivity contribution < 1.29 is 4.79 Å². The number of likely N-dealkylation sites (tertiary alicyclic amines) is 1. The maximum atomic E-state index is 11.3. The molecule has 3 nitrogen and oxygen atoms in total. The van der Waals surface area contributed by atoms with Gasteiger partial charge >= 0.3 is 0 Å². The zero-order valence-electron chi connectivity index (χ0n) is 9.66. The van der Waals surface area contributed by atoms with Gasteiger partial charge in [0.1, 0.15) is 0 Å². The minimum Gasteiger partial charge on any atom is -0.368 e. The van der Waals surface area contributed by atoms with Crippen LogP contribution < -0.4 is 5.73 Å². The molecule has 1 heterocycles. The molecule has 0 aromatic heterocycles. The van der Waals surface area contributed by atoms with Crippen molar-refractivity contribution in [1.29, 1.82) is 0 Å². The van der Waals surface area contributed by atoms with Gasteiger partial charge in [-0.1, -0.05) is 13.8 Å². The predicted octanol–water partition coefficient (Wildman–Crippen LogP) is 1.37. The van der Waals surface area contributed by atoms with Gasteiger partial charge in [-0.15, -0.1) is 0 Å². The molecule has 3 heteroatoms. The van der Waals surface area contributed by atoms with E-state index in [1.165, 1.54) is 0 Å². The molecule has 2 atom stereocenters. The summed E-state index contributed by atoms with van der Waals surface area (Å²) < 4.78 is 0. The summed E-state index contributed by atoms with van der Waals surface area (Å²) in [6.07, 6.45) is 2.03. The molecule has 0 aliphatic carbocycles. The van der Waals surface area contributed by atoms with Crippen LogP contribution in [0.25, 0.3) is 0 Å². The second-order valence-corrected chi connectivity index (χ2v) is 4.85. The first-order valence-corrected chi connectivity index (χ1v) is 5.52. The number of carbonyl (C=O) groups is 1. The average molecular weight is 198 g/mol. The van der Waals surface area contributed by atoms with Crippen molar-refractivity contribution in [2.45, 2.75) is 58.7 Å². The largest absolute Gasteiger partial charge is 0.368 e. The SMILES string of the molecule is CC(C)C1CCC(C(N)=O)N1C(C)C. The maximum absolute atomic E-state index is 11.3. The van der Waals surface area contributed by atoms with Crippen molar-refractivity contribution in [3.63, 3.8) is 0 Å². The quantitative estimate of drug-likeness (QED) is 0.744. The standard InChI is InChI=1S/C11H22N2O/c1-7(2)9-5-6-10(11(12)14)13(9)8(3)4/h7-10H,5-6H2,1-4H3,(H2,12,14). The third-order valence-electron chi connectivity index (χ3n) is 3.17. The molecule has 1 amide bonds. The van der Waals surface area contributed by atoms with Gasteiger partial charge in [0, 0.05) is 12.1 Å². The second kappa shape index (κ2) is 4.30. The summed E-state index contributed by atoms with van der Waals surface area (Å²) in [5.74, 6) is 0.434. The Morgan fingerprint density at radius 3 is 2.21 bits per heavy atom. The summed E-state index contributed by atoms with van der Waals surface area (Å²) >= 11 is 0. The molecule has 0 spiro atoms. The van der Waals surface area contributed by atoms with Crippen LogP contribution in [0.4, 0.5) is 0 Å². The summed E-state index contributed by atoms with van der Waals surface area (Å²) in [5.41, 5.74) is 5.41. The van der Waals surface area contributed by atoms with Crippen molar-refractivity contribution in [1.82, 2.24) is 4.90 Å². The summed E-state index contributed by atoms with van der Waals surface area (Å²) in [4.78, 5) is 13.5. The number of primary amides is 1. The van der Waals surface area contributed by atoms with Gasteiger partial charge in [-0.2, -0.15) is 0 Å². The molecule has 1 saturated heterocycles. The lowest BCUT2D eigenvalue weighted by Crippen LogP contribution is -2.48. The van der Waals surface area contributed by atoms with Gasteiger partial charge in [0.15, 0.2) is 0 Å². The first-order chi connectivity index (χ1) is 6.45. The number of hydrogen-bond acceptors (Lipinski definition) is 2. The zero-order chi connectivity index (χ0) is 10.9. The minimum atomic E-state index is -0.165. The minimum absolute atomic E-state index is 0.0394. The van der Waals surface area contributed by atoms with E-state index < -0.39 is 0 Å². The number of nitrogens with two attached hydrogens (primary N) is 1. The van der Waals surface area contributed by atoms with Gasteiger partial charge in [-0.3, -0.25) is 9.69 Å². The summed E-state index contributed by atoms with van der Waals surface area (Å²) in [5, 5.41) is 0. The number of amides is 1. The molecule has 1 rings (SSSR count). The fraction of sp³-hybridized carbons (Fsp3) is 0.909. The zero-order valence-corrected chi connectivity index (χ0v) is 9.66. The number of rotatable bonds is 3. The van der Waals surface area contributed by atoms with E-state index in [0.29, 0.717) is 18.0 Å². The van der Waals surface area contributed by atoms with Crippen LogP contribution in [-0.2, 0) is 4.79 Å². The first-order valence-electron chi connectivity index (χ1n) is 5.52. The van der Waals surface area contributed by atoms with E-state index in [-0.39, 0.29) is 11.9 Å². The fourth-order valence-corrected chi connectivity index (χ4v) is 2.57. The molecule has 1 aliphatic rings. The molecule has 82 valence electrons. The van der Waals surface area contributed by atoms with Crippen molar-refractivity contribution in [2.24, 2.45) is 11.7 Å². The Morgan fingerprint density at radius 2 is 1.86 bits per heavy atom. The van der Waals surface area contributed by atoms with Crippen molar-refractivity contribution in [3.8, 4) is 0 Å². The summed E-state index contributed by atoms with van der Waals surface area (Å²) in [7, 11) is 0. The Bertz CT molecular complexity index is 213. The van der Waals surface area contributed by atoms with Gasteiger partial charge in [0.2, 0.25) is 5.91 Å². The van der Waals surface area contributed by atoms with Crippen LogP contribution in [0.15, 0.2) is 0 Å². The Kier molecular flexibility index (Phi) is 3.53. The summed E-state index contributed by atoms with van der Waals surface area (Å²) in [6.45, 7) is 8.69. The van der Waals surface area contributed by atoms with Gasteiger partial charge in [-0.05, 0) is 32.6 Å². The Labute approximate surface area is 86.6 Å². The van der Waals surface area contributed by atoms with Gasteiger partial charge in [-0.25, -0.2) is 0 Å². The van der Waals surface area contributed by atoms with E-state index in [1.807, 2.05) is 0 Å². The van der Waals surface area contributed by atoms with Crippen LogP contribution >= 0.6 is 0 Å². The lowest BCUT2D eigenvalue weighted by atomic mass is 10.0. The first kappa shape index (κ1) is 11.5. The molecule has 0 radical (unpaired) electrons. The highest BCUT2D eigenvalue weighted by Crippen LogP contribution is 2.30. The monoisotopic (exact) mass is 198 g/mol. The highest BCUT2D eigenvalue weighted by atomic mass is 16.1. The van der Waals surface area contributed by atoms with Crippen LogP contribution in [0.1, 0.15) is 40.5 Å². The van der Waals surface area contributed by atoms with Crippen LogP contribution in [0.5, 0.6) is 0 Å². The van der Waals surface area contributed by atoms with Crippen molar-refractivity contribution in [2.75, 3.05) is 0 Å². The van der Waals surface area contributed by atoms with E-state index in [0.717, 1.165) is 12.8 Å². The third-order valence-corrected chi connectivity index (χ3v) is 3.17. The molecule has 0 bridgehead atoms. The van der Waals surface area contributed by atoms with E-state index in [2.05, 4.69) is 32.6 Å². The van der Waals surface area contributed by atoms with E-state index >= 15 is 0 Å². The molecule has 2 unspecified atom stereocenters. The Hall–Kier alpha value is -0.570. The van der Waals surface area contributed by atoms with Crippen LogP contribution in [0.2, 0.25) is 0 Å². The maximum Gasteiger partial charge on any atom is 0.234 e. The topological polar surface area (TPSA) is 46.3 Å². The molecule has 0 saturated carbocycles. The normalized spacial score (nSPS) is 29.0. The van der Waals surface area contributed by atoms with Crippen molar-refractivity contribution >= 4 is 5.91 Å². The van der Waals surface area contributed by atoms with Gasteiger partial charge < -0.3 is 5.73 Å². The molecule has 1 fully saturated rings. The number of nitrogens with zero attached hydrogens (tertiary/aromatic N) is 1. The highest BCUT2D eigenvalue weighted by molar-refractivity contribution is 5.80. The van der Waals surface area contributed by atoms with Gasteiger partial charge in [0.25, 0.3) is 0 Å².